The van der Waals surface area contributed by atoms with Crippen LogP contribution in [0.4, 0.5) is 0 Å². The first-order valence-corrected chi connectivity index (χ1v) is 12.6. The Kier molecular flexibility index (Phi) is 5.78. The van der Waals surface area contributed by atoms with Crippen LogP contribution in [-0.4, -0.2) is 63.7 Å². The number of methoxy groups -OCH3 is 1. The van der Waals surface area contributed by atoms with Gasteiger partial charge in [0.15, 0.2) is 11.4 Å². The van der Waals surface area contributed by atoms with E-state index in [9.17, 15) is 24.9 Å². The van der Waals surface area contributed by atoms with Crippen LogP contribution in [0.2, 0.25) is 0 Å². The second kappa shape index (κ2) is 8.96. The average Bonchev–Trinajstić information content (AvgIpc) is 3.33. The molecule has 4 atom stereocenters. The summed E-state index contributed by atoms with van der Waals surface area (Å²) in [6.45, 7) is 0.0986. The number of nitrogens with zero attached hydrogens (tertiary/aromatic N) is 2. The Balaban J connectivity index is 1.47. The fraction of sp³-hybridized carbons (Fsp3) is 0.345. The predicted molar refractivity (Wildman–Crippen MR) is 138 cm³/mol. The molecule has 0 aliphatic heterocycles. The molecule has 10 heteroatoms. The summed E-state index contributed by atoms with van der Waals surface area (Å²) in [5.41, 5.74) is -1.20. The van der Waals surface area contributed by atoms with E-state index in [4.69, 9.17) is 14.0 Å². The average molecular weight is 533 g/mol. The number of aliphatic hydroxyl groups is 2. The molecule has 0 amide bonds. The molecule has 0 unspecified atom stereocenters. The number of carbonyl (C=O) groups excluding carboxylic acids is 2. The van der Waals surface area contributed by atoms with Crippen molar-refractivity contribution in [1.29, 1.82) is 0 Å². The minimum atomic E-state index is -2.50. The third-order valence-corrected chi connectivity index (χ3v) is 8.17. The van der Waals surface area contributed by atoms with E-state index >= 15 is 0 Å². The Bertz CT molecular complexity index is 1530. The van der Waals surface area contributed by atoms with Crippen LogP contribution < -0.4 is 9.47 Å². The summed E-state index contributed by atoms with van der Waals surface area (Å²) in [4.78, 5) is 29.9. The molecule has 3 aromatic rings. The third-order valence-electron chi connectivity index (χ3n) is 8.17. The van der Waals surface area contributed by atoms with Crippen molar-refractivity contribution >= 4 is 17.3 Å². The summed E-state index contributed by atoms with van der Waals surface area (Å²) in [6.07, 6.45) is 0.461. The van der Waals surface area contributed by atoms with Crippen LogP contribution in [0.1, 0.15) is 45.3 Å². The molecule has 1 fully saturated rings. The maximum Gasteiger partial charge on any atom is 0.265 e. The van der Waals surface area contributed by atoms with Gasteiger partial charge in [0.1, 0.15) is 29.4 Å². The minimum absolute atomic E-state index is 0.0703. The van der Waals surface area contributed by atoms with E-state index in [1.54, 1.807) is 25.1 Å². The molecule has 1 heterocycles. The lowest BCUT2D eigenvalue weighted by Crippen LogP contribution is -2.63. The summed E-state index contributed by atoms with van der Waals surface area (Å²) in [6, 6.07) is 11.6. The van der Waals surface area contributed by atoms with Crippen LogP contribution in [0.3, 0.4) is 0 Å². The highest BCUT2D eigenvalue weighted by atomic mass is 16.5. The van der Waals surface area contributed by atoms with Crippen molar-refractivity contribution in [2.75, 3.05) is 21.2 Å². The summed E-state index contributed by atoms with van der Waals surface area (Å²) in [7, 11) is 5.02. The van der Waals surface area contributed by atoms with Gasteiger partial charge in [0.25, 0.3) is 5.88 Å². The van der Waals surface area contributed by atoms with Gasteiger partial charge in [0.2, 0.25) is 11.6 Å². The smallest absolute Gasteiger partial charge is 0.265 e. The van der Waals surface area contributed by atoms with Gasteiger partial charge in [-0.3, -0.25) is 14.5 Å². The number of phenols is 1. The van der Waals surface area contributed by atoms with Crippen molar-refractivity contribution in [3.8, 4) is 17.4 Å². The molecule has 3 aliphatic rings. The van der Waals surface area contributed by atoms with Crippen LogP contribution in [0.25, 0.3) is 5.76 Å². The van der Waals surface area contributed by atoms with Gasteiger partial charge in [-0.1, -0.05) is 30.3 Å². The molecule has 0 radical (unpaired) electrons. The van der Waals surface area contributed by atoms with E-state index in [2.05, 4.69) is 5.16 Å². The van der Waals surface area contributed by atoms with Crippen LogP contribution in [0.15, 0.2) is 52.6 Å². The molecule has 6 rings (SSSR count). The molecule has 10 nitrogen and oxygen atoms in total. The number of ketones is 2. The summed E-state index contributed by atoms with van der Waals surface area (Å²) >= 11 is 0. The topological polar surface area (TPSA) is 143 Å². The van der Waals surface area contributed by atoms with E-state index in [-0.39, 0.29) is 53.5 Å². The summed E-state index contributed by atoms with van der Waals surface area (Å²) < 4.78 is 16.9. The number of Topliss-reactive ketones (excluding diaryl/α,β-unsaturated/α-hetero) is 2. The monoisotopic (exact) mass is 532 g/mol. The lowest BCUT2D eigenvalue weighted by atomic mass is 9.57. The molecular weight excluding hydrogens is 504 g/mol. The zero-order chi connectivity index (χ0) is 27.6. The molecule has 39 heavy (non-hydrogen) atoms. The van der Waals surface area contributed by atoms with E-state index < -0.39 is 40.8 Å². The molecule has 1 aromatic heterocycles. The molecule has 3 aliphatic carbocycles. The first kappa shape index (κ1) is 25.1. The van der Waals surface area contributed by atoms with Crippen LogP contribution in [0.5, 0.6) is 17.4 Å². The molecule has 0 bridgehead atoms. The van der Waals surface area contributed by atoms with Gasteiger partial charge in [-0.15, -0.1) is 0 Å². The number of ether oxygens (including phenoxy) is 2. The number of rotatable bonds is 5. The van der Waals surface area contributed by atoms with Gasteiger partial charge < -0.3 is 29.3 Å². The highest BCUT2D eigenvalue weighted by Gasteiger charge is 2.65. The normalized spacial score (nSPS) is 25.6. The Morgan fingerprint density at radius 3 is 2.51 bits per heavy atom. The maximum atomic E-state index is 14.1. The number of fused-ring (bicyclic) bond motifs is 4. The van der Waals surface area contributed by atoms with Gasteiger partial charge in [-0.05, 0) is 55.7 Å². The molecule has 2 aromatic carbocycles. The number of hydrogen-bond donors (Lipinski definition) is 3. The van der Waals surface area contributed by atoms with Crippen molar-refractivity contribution < 1.29 is 38.9 Å². The molecule has 3 N–H and O–H groups in total. The number of benzene rings is 2. The zero-order valence-corrected chi connectivity index (χ0v) is 21.7. The fourth-order valence-corrected chi connectivity index (χ4v) is 6.42. The predicted octanol–water partition coefficient (Wildman–Crippen LogP) is 3.23. The van der Waals surface area contributed by atoms with Crippen molar-refractivity contribution in [2.45, 2.75) is 31.1 Å². The highest BCUT2D eigenvalue weighted by molar-refractivity contribution is 6.26. The van der Waals surface area contributed by atoms with Gasteiger partial charge in [0.05, 0.1) is 18.7 Å². The SMILES string of the molecule is COc1ccc(O)c2c1C[C@H]1C[C@H]3[C@H](N(C)C)c4onc(OCc5ccccc5)c4C(=O)[C@@]3(O)C(=O)C1=C2O. The van der Waals surface area contributed by atoms with Gasteiger partial charge >= 0.3 is 0 Å². The number of phenolic OH excluding ortho intramolecular Hbond substituents is 1. The quantitative estimate of drug-likeness (QED) is 0.419. The van der Waals surface area contributed by atoms with E-state index in [1.165, 1.54) is 13.2 Å². The second-order valence-corrected chi connectivity index (χ2v) is 10.5. The van der Waals surface area contributed by atoms with Gasteiger partial charge in [-0.25, -0.2) is 0 Å². The summed E-state index contributed by atoms with van der Waals surface area (Å²) in [5, 5.41) is 37.8. The van der Waals surface area contributed by atoms with Crippen molar-refractivity contribution in [1.82, 2.24) is 10.1 Å². The van der Waals surface area contributed by atoms with Crippen LogP contribution >= 0.6 is 0 Å². The molecule has 202 valence electrons. The number of aromatic nitrogens is 1. The standard InChI is InChI=1S/C29H28N2O8/c1-31(2)23-17-12-15-11-16-19(37-3)10-9-18(32)21(16)24(33)20(15)26(34)29(17,36)27(35)22-25(23)39-30-28(22)38-13-14-7-5-4-6-8-14/h4-10,15,17,23,32-33,36H,11-13H2,1-3H3/t15-,17-,23-,29-/m0/s1. The first-order valence-electron chi connectivity index (χ1n) is 12.6. The number of aromatic hydroxyl groups is 1. The highest BCUT2D eigenvalue weighted by Crippen LogP contribution is 2.56. The second-order valence-electron chi connectivity index (χ2n) is 10.5. The molecule has 0 spiro atoms. The molecule has 1 saturated carbocycles. The minimum Gasteiger partial charge on any atom is -0.507 e. The first-order chi connectivity index (χ1) is 18.7. The van der Waals surface area contributed by atoms with Crippen LogP contribution in [-0.2, 0) is 17.8 Å². The van der Waals surface area contributed by atoms with Gasteiger partial charge in [0, 0.05) is 17.1 Å². The largest absolute Gasteiger partial charge is 0.507 e. The Hall–Kier alpha value is -4.15. The van der Waals surface area contributed by atoms with E-state index in [1.807, 2.05) is 30.3 Å². The number of carbonyl (C=O) groups is 2. The Morgan fingerprint density at radius 2 is 1.82 bits per heavy atom. The van der Waals surface area contributed by atoms with Gasteiger partial charge in [-0.2, -0.15) is 0 Å². The number of hydrogen-bond acceptors (Lipinski definition) is 10. The van der Waals surface area contributed by atoms with Crippen molar-refractivity contribution in [3.05, 3.63) is 76.1 Å². The molecular formula is C29H28N2O8. The van der Waals surface area contributed by atoms with E-state index in [0.29, 0.717) is 11.3 Å². The van der Waals surface area contributed by atoms with Crippen molar-refractivity contribution in [2.24, 2.45) is 11.8 Å². The maximum absolute atomic E-state index is 14.1. The van der Waals surface area contributed by atoms with Crippen LogP contribution in [0, 0.1) is 11.8 Å². The zero-order valence-electron chi connectivity index (χ0n) is 21.7. The lowest BCUT2D eigenvalue weighted by Gasteiger charge is -2.49. The number of aliphatic hydroxyl groups excluding tert-OH is 1. The van der Waals surface area contributed by atoms with Crippen molar-refractivity contribution in [3.63, 3.8) is 0 Å². The lowest BCUT2D eigenvalue weighted by molar-refractivity contribution is -0.142. The summed E-state index contributed by atoms with van der Waals surface area (Å²) in [5.74, 6) is -3.30. The van der Waals surface area contributed by atoms with E-state index in [0.717, 1.165) is 5.56 Å². The Morgan fingerprint density at radius 1 is 1.08 bits per heavy atom. The Labute approximate surface area is 224 Å². The fourth-order valence-electron chi connectivity index (χ4n) is 6.42. The third kappa shape index (κ3) is 3.51. The molecule has 0 saturated heterocycles.